The standard InChI is InChI=1S/C15H22BrFN2/c1-2-19(11-14-5-3-4-8-18-14)10-12-6-7-13(17)9-15(12)16/h6-7,9,14,18H,2-5,8,10-11H2,1H3. The maximum Gasteiger partial charge on any atom is 0.124 e. The summed E-state index contributed by atoms with van der Waals surface area (Å²) in [6.45, 7) is 6.28. The molecule has 2 rings (SSSR count). The molecule has 1 fully saturated rings. The van der Waals surface area contributed by atoms with E-state index in [1.807, 2.05) is 6.07 Å². The highest BCUT2D eigenvalue weighted by molar-refractivity contribution is 9.10. The second-order valence-corrected chi connectivity index (χ2v) is 6.06. The summed E-state index contributed by atoms with van der Waals surface area (Å²) in [6, 6.07) is 5.55. The zero-order valence-electron chi connectivity index (χ0n) is 11.5. The lowest BCUT2D eigenvalue weighted by atomic mass is 10.0. The molecule has 0 saturated carbocycles. The predicted octanol–water partition coefficient (Wildman–Crippen LogP) is 3.55. The molecule has 1 N–H and O–H groups in total. The van der Waals surface area contributed by atoms with Gasteiger partial charge in [0.05, 0.1) is 0 Å². The maximum atomic E-state index is 13.1. The number of rotatable bonds is 5. The van der Waals surface area contributed by atoms with Gasteiger partial charge in [-0.25, -0.2) is 4.39 Å². The van der Waals surface area contributed by atoms with Crippen LogP contribution in [0.2, 0.25) is 0 Å². The van der Waals surface area contributed by atoms with Crippen LogP contribution in [0.3, 0.4) is 0 Å². The number of hydrogen-bond acceptors (Lipinski definition) is 2. The van der Waals surface area contributed by atoms with Crippen molar-refractivity contribution in [1.82, 2.24) is 10.2 Å². The van der Waals surface area contributed by atoms with Gasteiger partial charge < -0.3 is 5.32 Å². The van der Waals surface area contributed by atoms with Crippen LogP contribution >= 0.6 is 15.9 Å². The van der Waals surface area contributed by atoms with E-state index in [1.165, 1.54) is 25.3 Å². The van der Waals surface area contributed by atoms with E-state index in [2.05, 4.69) is 33.1 Å². The lowest BCUT2D eigenvalue weighted by molar-refractivity contribution is 0.226. The number of nitrogens with one attached hydrogen (secondary N) is 1. The highest BCUT2D eigenvalue weighted by Gasteiger charge is 2.16. The van der Waals surface area contributed by atoms with Gasteiger partial charge in [0.2, 0.25) is 0 Å². The van der Waals surface area contributed by atoms with Crippen LogP contribution in [0.5, 0.6) is 0 Å². The topological polar surface area (TPSA) is 15.3 Å². The molecule has 0 spiro atoms. The fourth-order valence-corrected chi connectivity index (χ4v) is 3.06. The molecule has 106 valence electrons. The molecular formula is C15H22BrFN2. The Morgan fingerprint density at radius 1 is 1.42 bits per heavy atom. The van der Waals surface area contributed by atoms with Crippen molar-refractivity contribution in [2.45, 2.75) is 38.8 Å². The summed E-state index contributed by atoms with van der Waals surface area (Å²) in [5.41, 5.74) is 1.15. The van der Waals surface area contributed by atoms with Gasteiger partial charge in [-0.1, -0.05) is 35.3 Å². The minimum atomic E-state index is -0.187. The van der Waals surface area contributed by atoms with Crippen LogP contribution < -0.4 is 5.32 Å². The number of piperidine rings is 1. The van der Waals surface area contributed by atoms with E-state index < -0.39 is 0 Å². The summed E-state index contributed by atoms with van der Waals surface area (Å²) >= 11 is 3.45. The Hall–Kier alpha value is -0.450. The van der Waals surface area contributed by atoms with E-state index in [9.17, 15) is 4.39 Å². The second kappa shape index (κ2) is 7.36. The Balaban J connectivity index is 1.94. The number of benzene rings is 1. The van der Waals surface area contributed by atoms with Crippen molar-refractivity contribution in [2.75, 3.05) is 19.6 Å². The molecule has 19 heavy (non-hydrogen) atoms. The van der Waals surface area contributed by atoms with Crippen molar-refractivity contribution in [2.24, 2.45) is 0 Å². The van der Waals surface area contributed by atoms with Crippen LogP contribution in [0.25, 0.3) is 0 Å². The third-order valence-electron chi connectivity index (χ3n) is 3.75. The molecule has 1 atom stereocenters. The maximum absolute atomic E-state index is 13.1. The van der Waals surface area contributed by atoms with Gasteiger partial charge in [-0.15, -0.1) is 0 Å². The molecular weight excluding hydrogens is 307 g/mol. The minimum absolute atomic E-state index is 0.187. The van der Waals surface area contributed by atoms with Crippen LogP contribution in [-0.2, 0) is 6.54 Å². The third-order valence-corrected chi connectivity index (χ3v) is 4.49. The average molecular weight is 329 g/mol. The Labute approximate surface area is 123 Å². The monoisotopic (exact) mass is 328 g/mol. The zero-order valence-corrected chi connectivity index (χ0v) is 13.0. The first-order valence-corrected chi connectivity index (χ1v) is 7.88. The third kappa shape index (κ3) is 4.55. The molecule has 2 nitrogen and oxygen atoms in total. The first kappa shape index (κ1) is 14.9. The van der Waals surface area contributed by atoms with Gasteiger partial charge >= 0.3 is 0 Å². The first-order valence-electron chi connectivity index (χ1n) is 7.08. The number of halogens is 2. The van der Waals surface area contributed by atoms with Crippen molar-refractivity contribution in [3.05, 3.63) is 34.1 Å². The van der Waals surface area contributed by atoms with Crippen LogP contribution in [0.1, 0.15) is 31.7 Å². The number of nitrogens with zero attached hydrogens (tertiary/aromatic N) is 1. The minimum Gasteiger partial charge on any atom is -0.313 e. The van der Waals surface area contributed by atoms with Crippen molar-refractivity contribution in [1.29, 1.82) is 0 Å². The lowest BCUT2D eigenvalue weighted by Gasteiger charge is -2.30. The van der Waals surface area contributed by atoms with E-state index in [0.717, 1.165) is 36.2 Å². The van der Waals surface area contributed by atoms with Crippen LogP contribution in [0.15, 0.2) is 22.7 Å². The van der Waals surface area contributed by atoms with Crippen molar-refractivity contribution >= 4 is 15.9 Å². The van der Waals surface area contributed by atoms with Crippen LogP contribution in [0.4, 0.5) is 4.39 Å². The lowest BCUT2D eigenvalue weighted by Crippen LogP contribution is -2.43. The molecule has 0 bridgehead atoms. The second-order valence-electron chi connectivity index (χ2n) is 5.21. The largest absolute Gasteiger partial charge is 0.313 e. The van der Waals surface area contributed by atoms with E-state index >= 15 is 0 Å². The molecule has 1 saturated heterocycles. The quantitative estimate of drug-likeness (QED) is 0.889. The van der Waals surface area contributed by atoms with Gasteiger partial charge in [-0.05, 0) is 43.6 Å². The smallest absolute Gasteiger partial charge is 0.124 e. The van der Waals surface area contributed by atoms with Crippen LogP contribution in [0, 0.1) is 5.82 Å². The van der Waals surface area contributed by atoms with E-state index in [1.54, 1.807) is 6.07 Å². The van der Waals surface area contributed by atoms with Gasteiger partial charge in [-0.2, -0.15) is 0 Å². The Kier molecular flexibility index (Phi) is 5.79. The summed E-state index contributed by atoms with van der Waals surface area (Å²) in [4.78, 5) is 2.42. The molecule has 0 radical (unpaired) electrons. The zero-order chi connectivity index (χ0) is 13.7. The summed E-state index contributed by atoms with van der Waals surface area (Å²) in [5, 5.41) is 3.58. The van der Waals surface area contributed by atoms with Gasteiger partial charge in [0, 0.05) is 23.6 Å². The molecule has 1 heterocycles. The molecule has 0 amide bonds. The van der Waals surface area contributed by atoms with Gasteiger partial charge in [0.1, 0.15) is 5.82 Å². The van der Waals surface area contributed by atoms with Crippen molar-refractivity contribution in [3.8, 4) is 0 Å². The normalized spacial score (nSPS) is 19.9. The highest BCUT2D eigenvalue weighted by Crippen LogP contribution is 2.20. The summed E-state index contributed by atoms with van der Waals surface area (Å²) in [5.74, 6) is -0.187. The van der Waals surface area contributed by atoms with Crippen molar-refractivity contribution < 1.29 is 4.39 Å². The summed E-state index contributed by atoms with van der Waals surface area (Å²) < 4.78 is 13.9. The van der Waals surface area contributed by atoms with Crippen LogP contribution in [-0.4, -0.2) is 30.6 Å². The molecule has 1 aliphatic heterocycles. The number of likely N-dealkylation sites (N-methyl/N-ethyl adjacent to an activating group) is 1. The highest BCUT2D eigenvalue weighted by atomic mass is 79.9. The summed E-state index contributed by atoms with van der Waals surface area (Å²) in [6.07, 6.45) is 3.89. The molecule has 0 aliphatic carbocycles. The number of hydrogen-bond donors (Lipinski definition) is 1. The fourth-order valence-electron chi connectivity index (χ4n) is 2.59. The van der Waals surface area contributed by atoms with Crippen molar-refractivity contribution in [3.63, 3.8) is 0 Å². The van der Waals surface area contributed by atoms with Gasteiger partial charge in [-0.3, -0.25) is 4.90 Å². The van der Waals surface area contributed by atoms with Gasteiger partial charge in [0.25, 0.3) is 0 Å². The van der Waals surface area contributed by atoms with Gasteiger partial charge in [0.15, 0.2) is 0 Å². The average Bonchev–Trinajstić information content (AvgIpc) is 2.42. The molecule has 1 aliphatic rings. The Bertz CT molecular complexity index is 405. The predicted molar refractivity (Wildman–Crippen MR) is 80.7 cm³/mol. The molecule has 4 heteroatoms. The Morgan fingerprint density at radius 2 is 2.26 bits per heavy atom. The SMILES string of the molecule is CCN(Cc1ccc(F)cc1Br)CC1CCCCN1. The fraction of sp³-hybridized carbons (Fsp3) is 0.600. The van der Waals surface area contributed by atoms with E-state index in [0.29, 0.717) is 6.04 Å². The van der Waals surface area contributed by atoms with E-state index in [-0.39, 0.29) is 5.82 Å². The molecule has 0 aromatic heterocycles. The Morgan fingerprint density at radius 3 is 2.89 bits per heavy atom. The molecule has 1 aromatic carbocycles. The first-order chi connectivity index (χ1) is 9.19. The summed E-state index contributed by atoms with van der Waals surface area (Å²) in [7, 11) is 0. The molecule has 1 aromatic rings. The molecule has 1 unspecified atom stereocenters. The van der Waals surface area contributed by atoms with E-state index in [4.69, 9.17) is 0 Å².